The van der Waals surface area contributed by atoms with Gasteiger partial charge < -0.3 is 0 Å². The number of rotatable bonds is 8. The summed E-state index contributed by atoms with van der Waals surface area (Å²) >= 11 is 0. The van der Waals surface area contributed by atoms with Crippen LogP contribution in [0.25, 0.3) is 0 Å². The van der Waals surface area contributed by atoms with Crippen molar-refractivity contribution in [3.8, 4) is 0 Å². The van der Waals surface area contributed by atoms with Gasteiger partial charge in [-0.15, -0.1) is 0 Å². The SMILES string of the molecule is CCN1C[C@H]2C[C@@H]1CN2C(C)(C)CC(C)(C)C1CCN(C(C)(C)C(C)(C)CC(C)(C)C)CC1. The van der Waals surface area contributed by atoms with E-state index in [1.807, 2.05) is 0 Å². The van der Waals surface area contributed by atoms with Crippen molar-refractivity contribution < 1.29 is 0 Å². The predicted octanol–water partition coefficient (Wildman–Crippen LogP) is 6.91. The van der Waals surface area contributed by atoms with Crippen LogP contribution in [0.5, 0.6) is 0 Å². The van der Waals surface area contributed by atoms with Gasteiger partial charge in [-0.1, -0.05) is 55.4 Å². The second-order valence-electron chi connectivity index (χ2n) is 15.7. The fourth-order valence-corrected chi connectivity index (χ4v) is 8.43. The lowest BCUT2D eigenvalue weighted by molar-refractivity contribution is -0.0509. The maximum Gasteiger partial charge on any atom is 0.0244 e. The summed E-state index contributed by atoms with van der Waals surface area (Å²) in [6.45, 7) is 36.1. The summed E-state index contributed by atoms with van der Waals surface area (Å²) in [5.74, 6) is 0.835. The van der Waals surface area contributed by atoms with Gasteiger partial charge in [-0.2, -0.15) is 0 Å². The molecule has 3 heteroatoms. The van der Waals surface area contributed by atoms with Crippen molar-refractivity contribution in [1.29, 1.82) is 0 Å². The van der Waals surface area contributed by atoms with E-state index in [0.717, 1.165) is 18.0 Å². The van der Waals surface area contributed by atoms with Crippen LogP contribution in [0.3, 0.4) is 0 Å². The van der Waals surface area contributed by atoms with Crippen LogP contribution in [-0.4, -0.2) is 70.6 Å². The lowest BCUT2D eigenvalue weighted by Gasteiger charge is -2.55. The van der Waals surface area contributed by atoms with E-state index in [1.165, 1.54) is 64.8 Å². The number of hydrogen-bond acceptors (Lipinski definition) is 3. The van der Waals surface area contributed by atoms with Crippen LogP contribution in [0.4, 0.5) is 0 Å². The number of nitrogens with zero attached hydrogens (tertiary/aromatic N) is 3. The third-order valence-corrected chi connectivity index (χ3v) is 10.4. The van der Waals surface area contributed by atoms with Crippen LogP contribution in [0.1, 0.15) is 115 Å². The Bertz CT molecular complexity index is 661. The van der Waals surface area contributed by atoms with Crippen molar-refractivity contribution in [3.05, 3.63) is 0 Å². The fraction of sp³-hybridized carbons (Fsp3) is 1.00. The third-order valence-electron chi connectivity index (χ3n) is 10.4. The third kappa shape index (κ3) is 5.67. The lowest BCUT2D eigenvalue weighted by Crippen LogP contribution is -2.58. The smallest absolute Gasteiger partial charge is 0.0244 e. The molecule has 0 N–H and O–H groups in total. The monoisotopic (exact) mass is 461 g/mol. The van der Waals surface area contributed by atoms with Gasteiger partial charge >= 0.3 is 0 Å². The van der Waals surface area contributed by atoms with Crippen LogP contribution < -0.4 is 0 Å². The largest absolute Gasteiger partial charge is 0.298 e. The quantitative estimate of drug-likeness (QED) is 0.389. The highest BCUT2D eigenvalue weighted by atomic mass is 15.4. The Labute approximate surface area is 208 Å². The summed E-state index contributed by atoms with van der Waals surface area (Å²) in [6, 6.07) is 1.60. The zero-order valence-corrected chi connectivity index (χ0v) is 24.6. The molecule has 0 aliphatic carbocycles. The van der Waals surface area contributed by atoms with Crippen molar-refractivity contribution in [2.24, 2.45) is 22.2 Å². The first-order chi connectivity index (χ1) is 14.9. The predicted molar refractivity (Wildman–Crippen MR) is 145 cm³/mol. The normalized spacial score (nSPS) is 27.6. The molecule has 194 valence electrons. The summed E-state index contributed by atoms with van der Waals surface area (Å²) in [7, 11) is 0. The van der Waals surface area contributed by atoms with E-state index in [-0.39, 0.29) is 5.54 Å². The van der Waals surface area contributed by atoms with Crippen LogP contribution in [0, 0.1) is 22.2 Å². The molecule has 0 unspecified atom stereocenters. The Kier molecular flexibility index (Phi) is 7.55. The summed E-state index contributed by atoms with van der Waals surface area (Å²) < 4.78 is 0. The van der Waals surface area contributed by atoms with Crippen molar-refractivity contribution >= 4 is 0 Å². The Balaban J connectivity index is 1.59. The molecule has 3 fully saturated rings. The minimum atomic E-state index is 0.231. The molecular formula is C30H59N3. The van der Waals surface area contributed by atoms with Gasteiger partial charge in [0.1, 0.15) is 0 Å². The number of fused-ring (bicyclic) bond motifs is 2. The van der Waals surface area contributed by atoms with Crippen LogP contribution in [0.2, 0.25) is 0 Å². The second kappa shape index (κ2) is 9.07. The Morgan fingerprint density at radius 3 is 1.76 bits per heavy atom. The fourth-order valence-electron chi connectivity index (χ4n) is 8.43. The molecule has 0 spiro atoms. The van der Waals surface area contributed by atoms with E-state index in [0.29, 0.717) is 21.8 Å². The first-order valence-corrected chi connectivity index (χ1v) is 14.2. The average molecular weight is 462 g/mol. The highest BCUT2D eigenvalue weighted by molar-refractivity contribution is 5.06. The maximum absolute atomic E-state index is 2.89. The topological polar surface area (TPSA) is 9.72 Å². The first kappa shape index (κ1) is 27.5. The second-order valence-corrected chi connectivity index (χ2v) is 15.7. The van der Waals surface area contributed by atoms with Crippen molar-refractivity contribution in [2.75, 3.05) is 32.7 Å². The molecule has 3 nitrogen and oxygen atoms in total. The molecular weight excluding hydrogens is 402 g/mol. The highest BCUT2D eigenvalue weighted by Gasteiger charge is 2.50. The molecule has 33 heavy (non-hydrogen) atoms. The van der Waals surface area contributed by atoms with Gasteiger partial charge in [-0.05, 0) is 102 Å². The van der Waals surface area contributed by atoms with Crippen LogP contribution in [0.15, 0.2) is 0 Å². The lowest BCUT2D eigenvalue weighted by atomic mass is 9.63. The molecule has 0 aromatic heterocycles. The molecule has 3 heterocycles. The molecule has 0 amide bonds. The van der Waals surface area contributed by atoms with E-state index in [4.69, 9.17) is 0 Å². The molecule has 3 aliphatic heterocycles. The van der Waals surface area contributed by atoms with E-state index >= 15 is 0 Å². The van der Waals surface area contributed by atoms with Crippen LogP contribution in [-0.2, 0) is 0 Å². The van der Waals surface area contributed by atoms with Gasteiger partial charge in [-0.3, -0.25) is 14.7 Å². The van der Waals surface area contributed by atoms with Gasteiger partial charge in [0.2, 0.25) is 0 Å². The Hall–Kier alpha value is -0.120. The summed E-state index contributed by atoms with van der Waals surface area (Å²) in [5.41, 5.74) is 1.60. The molecule has 2 atom stereocenters. The summed E-state index contributed by atoms with van der Waals surface area (Å²) in [6.07, 6.45) is 6.69. The Morgan fingerprint density at radius 2 is 1.30 bits per heavy atom. The summed E-state index contributed by atoms with van der Waals surface area (Å²) in [5, 5.41) is 0. The molecule has 0 aromatic rings. The minimum Gasteiger partial charge on any atom is -0.298 e. The molecule has 3 aliphatic rings. The molecule has 0 saturated carbocycles. The average Bonchev–Trinajstić information content (AvgIpc) is 3.26. The summed E-state index contributed by atoms with van der Waals surface area (Å²) in [4.78, 5) is 8.43. The standard InChI is InChI=1S/C30H59N3/c1-13-31-19-25-18-24(31)20-33(25)29(9,10)22-27(5,6)23-14-16-32(17-15-23)30(11,12)28(7,8)21-26(2,3)4/h23-25H,13-22H2,1-12H3/t24-,25-/m1/s1. The number of piperidine rings is 1. The number of likely N-dealkylation sites (N-methyl/N-ethyl adjacent to an activating group) is 1. The molecule has 3 rings (SSSR count). The zero-order valence-electron chi connectivity index (χ0n) is 24.6. The Morgan fingerprint density at radius 1 is 0.727 bits per heavy atom. The van der Waals surface area contributed by atoms with E-state index in [1.54, 1.807) is 0 Å². The highest BCUT2D eigenvalue weighted by Crippen LogP contribution is 2.49. The van der Waals surface area contributed by atoms with Gasteiger partial charge in [0, 0.05) is 36.3 Å². The van der Waals surface area contributed by atoms with Gasteiger partial charge in [0.05, 0.1) is 0 Å². The molecule has 3 saturated heterocycles. The van der Waals surface area contributed by atoms with Crippen LogP contribution >= 0.6 is 0 Å². The maximum atomic E-state index is 2.89. The molecule has 0 aromatic carbocycles. The number of likely N-dealkylation sites (tertiary alicyclic amines) is 3. The van der Waals surface area contributed by atoms with Gasteiger partial charge in [0.15, 0.2) is 0 Å². The molecule has 0 radical (unpaired) electrons. The van der Waals surface area contributed by atoms with E-state index in [2.05, 4.69) is 97.8 Å². The van der Waals surface area contributed by atoms with E-state index < -0.39 is 0 Å². The van der Waals surface area contributed by atoms with E-state index in [9.17, 15) is 0 Å². The van der Waals surface area contributed by atoms with Crippen molar-refractivity contribution in [3.63, 3.8) is 0 Å². The number of hydrogen-bond donors (Lipinski definition) is 0. The number of piperazine rings is 1. The van der Waals surface area contributed by atoms with Gasteiger partial charge in [0.25, 0.3) is 0 Å². The minimum absolute atomic E-state index is 0.231. The molecule has 2 bridgehead atoms. The van der Waals surface area contributed by atoms with Crippen molar-refractivity contribution in [2.45, 2.75) is 138 Å². The van der Waals surface area contributed by atoms with Crippen molar-refractivity contribution in [1.82, 2.24) is 14.7 Å². The zero-order chi connectivity index (χ0) is 25.0. The van der Waals surface area contributed by atoms with Gasteiger partial charge in [-0.25, -0.2) is 0 Å². The first-order valence-electron chi connectivity index (χ1n) is 14.2.